The zero-order valence-corrected chi connectivity index (χ0v) is 8.55. The number of hydrogen-bond donors (Lipinski definition) is 1. The fourth-order valence-electron chi connectivity index (χ4n) is 1.98. The van der Waals surface area contributed by atoms with Crippen molar-refractivity contribution in [3.05, 3.63) is 0 Å². The molecule has 2 rings (SSSR count). The van der Waals surface area contributed by atoms with Gasteiger partial charge in [0.2, 0.25) is 0 Å². The molecule has 2 aliphatic rings. The third-order valence-corrected chi connectivity index (χ3v) is 3.05. The molecule has 0 spiro atoms. The number of nitrogens with zero attached hydrogens (tertiary/aromatic N) is 1. The second-order valence-corrected chi connectivity index (χ2v) is 4.36. The van der Waals surface area contributed by atoms with E-state index in [0.717, 1.165) is 12.5 Å². The summed E-state index contributed by atoms with van der Waals surface area (Å²) in [7, 11) is 0. The van der Waals surface area contributed by atoms with Gasteiger partial charge in [-0.3, -0.25) is 4.99 Å². The highest BCUT2D eigenvalue weighted by Crippen LogP contribution is 2.34. The van der Waals surface area contributed by atoms with Gasteiger partial charge in [0.1, 0.15) is 0 Å². The normalized spacial score (nSPS) is 24.2. The van der Waals surface area contributed by atoms with Crippen LogP contribution in [0, 0.1) is 5.92 Å². The van der Waals surface area contributed by atoms with Crippen LogP contribution in [0.25, 0.3) is 0 Å². The highest BCUT2D eigenvalue weighted by atomic mass is 15.0. The molecule has 0 aromatic heterocycles. The summed E-state index contributed by atoms with van der Waals surface area (Å²) >= 11 is 0. The molecule has 2 heteroatoms. The van der Waals surface area contributed by atoms with Crippen LogP contribution >= 0.6 is 0 Å². The maximum absolute atomic E-state index is 4.46. The summed E-state index contributed by atoms with van der Waals surface area (Å²) in [5, 5.41) is 3.59. The van der Waals surface area contributed by atoms with Gasteiger partial charge in [-0.15, -0.1) is 0 Å². The van der Waals surface area contributed by atoms with Gasteiger partial charge in [0.05, 0.1) is 5.84 Å². The van der Waals surface area contributed by atoms with Crippen molar-refractivity contribution >= 4 is 5.84 Å². The first-order valence-electron chi connectivity index (χ1n) is 5.68. The third-order valence-electron chi connectivity index (χ3n) is 3.05. The molecule has 2 nitrogen and oxygen atoms in total. The molecule has 0 aromatic rings. The third kappa shape index (κ3) is 2.71. The summed E-state index contributed by atoms with van der Waals surface area (Å²) < 4.78 is 0. The Labute approximate surface area is 80.8 Å². The lowest BCUT2D eigenvalue weighted by Gasteiger charge is -2.17. The Hall–Kier alpha value is -0.530. The van der Waals surface area contributed by atoms with Crippen LogP contribution in [-0.4, -0.2) is 18.4 Å². The Kier molecular flexibility index (Phi) is 2.87. The van der Waals surface area contributed by atoms with Gasteiger partial charge < -0.3 is 5.32 Å². The molecule has 1 heterocycles. The molecule has 1 atom stereocenters. The lowest BCUT2D eigenvalue weighted by atomic mass is 10.1. The largest absolute Gasteiger partial charge is 0.371 e. The molecule has 1 aliphatic heterocycles. The Morgan fingerprint density at radius 2 is 2.38 bits per heavy atom. The van der Waals surface area contributed by atoms with E-state index >= 15 is 0 Å². The van der Waals surface area contributed by atoms with Gasteiger partial charge in [-0.25, -0.2) is 0 Å². The van der Waals surface area contributed by atoms with Crippen molar-refractivity contribution in [1.29, 1.82) is 0 Å². The van der Waals surface area contributed by atoms with E-state index in [0.29, 0.717) is 6.04 Å². The van der Waals surface area contributed by atoms with Crippen LogP contribution in [-0.2, 0) is 0 Å². The molecule has 1 fully saturated rings. The van der Waals surface area contributed by atoms with Gasteiger partial charge in [0.25, 0.3) is 0 Å². The maximum atomic E-state index is 4.46. The molecule has 1 unspecified atom stereocenters. The monoisotopic (exact) mass is 180 g/mol. The topological polar surface area (TPSA) is 24.4 Å². The second kappa shape index (κ2) is 4.12. The van der Waals surface area contributed by atoms with Crippen molar-refractivity contribution in [2.45, 2.75) is 51.5 Å². The number of rotatable bonds is 4. The van der Waals surface area contributed by atoms with Gasteiger partial charge in [-0.05, 0) is 25.2 Å². The Morgan fingerprint density at radius 3 is 2.92 bits per heavy atom. The molecule has 0 aromatic carbocycles. The predicted octanol–water partition coefficient (Wildman–Crippen LogP) is 2.35. The summed E-state index contributed by atoms with van der Waals surface area (Å²) in [6.45, 7) is 3.32. The van der Waals surface area contributed by atoms with E-state index < -0.39 is 0 Å². The van der Waals surface area contributed by atoms with Crippen LogP contribution < -0.4 is 5.32 Å². The summed E-state index contributed by atoms with van der Waals surface area (Å²) in [6.07, 6.45) is 7.98. The molecule has 13 heavy (non-hydrogen) atoms. The van der Waals surface area contributed by atoms with E-state index in [1.54, 1.807) is 0 Å². The fraction of sp³-hybridized carbons (Fsp3) is 0.909. The lowest BCUT2D eigenvalue weighted by Crippen LogP contribution is -2.33. The molecular weight excluding hydrogens is 160 g/mol. The molecule has 0 amide bonds. The van der Waals surface area contributed by atoms with Crippen LogP contribution in [0.15, 0.2) is 4.99 Å². The zero-order chi connectivity index (χ0) is 9.10. The van der Waals surface area contributed by atoms with Crippen LogP contribution in [0.5, 0.6) is 0 Å². The van der Waals surface area contributed by atoms with Gasteiger partial charge in [-0.1, -0.05) is 19.8 Å². The van der Waals surface area contributed by atoms with Gasteiger partial charge in [0.15, 0.2) is 0 Å². The molecule has 74 valence electrons. The Morgan fingerprint density at radius 1 is 1.54 bits per heavy atom. The molecule has 0 saturated heterocycles. The number of nitrogens with one attached hydrogen (secondary N) is 1. The fourth-order valence-corrected chi connectivity index (χ4v) is 1.98. The highest BCUT2D eigenvalue weighted by molar-refractivity contribution is 5.83. The lowest BCUT2D eigenvalue weighted by molar-refractivity contribution is 0.508. The van der Waals surface area contributed by atoms with Crippen molar-refractivity contribution in [2.24, 2.45) is 10.9 Å². The molecule has 0 bridgehead atoms. The maximum Gasteiger partial charge on any atom is 0.0965 e. The van der Waals surface area contributed by atoms with E-state index in [1.807, 2.05) is 0 Å². The Balaban J connectivity index is 1.75. The number of amidine groups is 1. The molecule has 1 saturated carbocycles. The number of hydrogen-bond acceptors (Lipinski definition) is 2. The van der Waals surface area contributed by atoms with E-state index in [1.165, 1.54) is 44.4 Å². The average Bonchev–Trinajstić information content (AvgIpc) is 2.80. The first kappa shape index (κ1) is 9.04. The van der Waals surface area contributed by atoms with Crippen LogP contribution in [0.4, 0.5) is 0 Å². The van der Waals surface area contributed by atoms with Crippen LogP contribution in [0.2, 0.25) is 0 Å². The summed E-state index contributed by atoms with van der Waals surface area (Å²) in [4.78, 5) is 4.46. The first-order valence-corrected chi connectivity index (χ1v) is 5.68. The van der Waals surface area contributed by atoms with Crippen molar-refractivity contribution in [1.82, 2.24) is 5.32 Å². The minimum Gasteiger partial charge on any atom is -0.371 e. The van der Waals surface area contributed by atoms with E-state index in [2.05, 4.69) is 17.2 Å². The SMILES string of the molecule is CCC(CC1CC1)NC1=NCCC1. The van der Waals surface area contributed by atoms with Gasteiger partial charge >= 0.3 is 0 Å². The quantitative estimate of drug-likeness (QED) is 0.705. The smallest absolute Gasteiger partial charge is 0.0965 e. The minimum atomic E-state index is 0.698. The van der Waals surface area contributed by atoms with Gasteiger partial charge in [-0.2, -0.15) is 0 Å². The van der Waals surface area contributed by atoms with Crippen LogP contribution in [0.3, 0.4) is 0 Å². The zero-order valence-electron chi connectivity index (χ0n) is 8.55. The Bertz CT molecular complexity index is 194. The highest BCUT2D eigenvalue weighted by Gasteiger charge is 2.25. The van der Waals surface area contributed by atoms with E-state index in [4.69, 9.17) is 0 Å². The molecule has 1 aliphatic carbocycles. The molecular formula is C11H20N2. The summed E-state index contributed by atoms with van der Waals surface area (Å²) in [5.41, 5.74) is 0. The van der Waals surface area contributed by atoms with E-state index in [9.17, 15) is 0 Å². The number of aliphatic imine (C=N–C) groups is 1. The minimum absolute atomic E-state index is 0.698. The van der Waals surface area contributed by atoms with Crippen molar-refractivity contribution in [2.75, 3.05) is 6.54 Å². The first-order chi connectivity index (χ1) is 6.38. The molecule has 1 N–H and O–H groups in total. The summed E-state index contributed by atoms with van der Waals surface area (Å²) in [5.74, 6) is 2.30. The van der Waals surface area contributed by atoms with Crippen molar-refractivity contribution < 1.29 is 0 Å². The summed E-state index contributed by atoms with van der Waals surface area (Å²) in [6, 6.07) is 0.698. The van der Waals surface area contributed by atoms with Crippen molar-refractivity contribution in [3.63, 3.8) is 0 Å². The molecule has 0 radical (unpaired) electrons. The average molecular weight is 180 g/mol. The second-order valence-electron chi connectivity index (χ2n) is 4.36. The predicted molar refractivity (Wildman–Crippen MR) is 56.1 cm³/mol. The standard InChI is InChI=1S/C11H20N2/c1-2-10(8-9-5-6-9)13-11-4-3-7-12-11/h9-10H,2-8H2,1H3,(H,12,13). The van der Waals surface area contributed by atoms with Crippen LogP contribution in [0.1, 0.15) is 45.4 Å². The van der Waals surface area contributed by atoms with Crippen molar-refractivity contribution in [3.8, 4) is 0 Å². The van der Waals surface area contributed by atoms with E-state index in [-0.39, 0.29) is 0 Å². The van der Waals surface area contributed by atoms with Gasteiger partial charge in [0, 0.05) is 19.0 Å².